The Hall–Kier alpha value is -1.96. The molecule has 126 valence electrons. The van der Waals surface area contributed by atoms with Gasteiger partial charge in [0.2, 0.25) is 0 Å². The fraction of sp³-hybridized carbons (Fsp3) is 0.533. The standard InChI is InChI=1S/C15H21N3O4S/c1-14(2)15(3)8-17(13(16)19)9-18(15)11-7-10(23(4,20)21)5-6-12(11)22-14/h5-7H,8-9H2,1-4H3,(H2,16,19). The van der Waals surface area contributed by atoms with Crippen LogP contribution >= 0.6 is 0 Å². The van der Waals surface area contributed by atoms with E-state index in [2.05, 4.69) is 0 Å². The quantitative estimate of drug-likeness (QED) is 0.829. The molecule has 1 atom stereocenters. The van der Waals surface area contributed by atoms with E-state index in [0.717, 1.165) is 0 Å². The highest BCUT2D eigenvalue weighted by Gasteiger charge is 2.57. The smallest absolute Gasteiger partial charge is 0.316 e. The summed E-state index contributed by atoms with van der Waals surface area (Å²) in [6, 6.07) is 4.30. The number of nitrogens with zero attached hydrogens (tertiary/aromatic N) is 2. The van der Waals surface area contributed by atoms with E-state index >= 15 is 0 Å². The highest BCUT2D eigenvalue weighted by atomic mass is 32.2. The maximum absolute atomic E-state index is 11.8. The molecule has 1 aromatic carbocycles. The summed E-state index contributed by atoms with van der Waals surface area (Å²) in [4.78, 5) is 15.4. The van der Waals surface area contributed by atoms with Crippen LogP contribution in [0.1, 0.15) is 20.8 Å². The number of nitrogens with two attached hydrogens (primary N) is 1. The number of urea groups is 1. The molecule has 1 fully saturated rings. The molecule has 0 aromatic heterocycles. The number of rotatable bonds is 1. The second-order valence-corrected chi connectivity index (χ2v) is 8.91. The van der Waals surface area contributed by atoms with E-state index in [1.54, 1.807) is 12.1 Å². The van der Waals surface area contributed by atoms with Gasteiger partial charge in [0.05, 0.1) is 29.3 Å². The minimum Gasteiger partial charge on any atom is -0.483 e. The van der Waals surface area contributed by atoms with Crippen molar-refractivity contribution in [1.29, 1.82) is 0 Å². The first-order valence-corrected chi connectivity index (χ1v) is 9.20. The molecule has 2 aliphatic heterocycles. The Balaban J connectivity index is 2.17. The van der Waals surface area contributed by atoms with Gasteiger partial charge < -0.3 is 20.3 Å². The first kappa shape index (κ1) is 15.9. The van der Waals surface area contributed by atoms with Crippen LogP contribution in [0.3, 0.4) is 0 Å². The van der Waals surface area contributed by atoms with Gasteiger partial charge in [-0.3, -0.25) is 0 Å². The predicted molar refractivity (Wildman–Crippen MR) is 86.3 cm³/mol. The highest BCUT2D eigenvalue weighted by molar-refractivity contribution is 7.90. The summed E-state index contributed by atoms with van der Waals surface area (Å²) in [5, 5.41) is 0. The van der Waals surface area contributed by atoms with Crippen LogP contribution in [-0.2, 0) is 9.84 Å². The Morgan fingerprint density at radius 3 is 2.52 bits per heavy atom. The molecule has 3 rings (SSSR count). The monoisotopic (exact) mass is 339 g/mol. The van der Waals surface area contributed by atoms with E-state index in [1.165, 1.54) is 17.2 Å². The third-order valence-electron chi connectivity index (χ3n) is 5.03. The topological polar surface area (TPSA) is 92.9 Å². The van der Waals surface area contributed by atoms with Crippen molar-refractivity contribution >= 4 is 21.6 Å². The van der Waals surface area contributed by atoms with E-state index in [9.17, 15) is 13.2 Å². The zero-order valence-electron chi connectivity index (χ0n) is 13.7. The lowest BCUT2D eigenvalue weighted by atomic mass is 9.81. The molecule has 8 heteroatoms. The summed E-state index contributed by atoms with van der Waals surface area (Å²) < 4.78 is 29.8. The predicted octanol–water partition coefficient (Wildman–Crippen LogP) is 1.18. The van der Waals surface area contributed by atoms with Crippen LogP contribution in [0.4, 0.5) is 10.5 Å². The van der Waals surface area contributed by atoms with Crippen molar-refractivity contribution in [2.75, 3.05) is 24.4 Å². The number of carbonyl (C=O) groups excluding carboxylic acids is 1. The summed E-state index contributed by atoms with van der Waals surface area (Å²) in [5.74, 6) is 0.603. The van der Waals surface area contributed by atoms with Crippen LogP contribution in [0.25, 0.3) is 0 Å². The molecule has 0 aliphatic carbocycles. The molecule has 0 bridgehead atoms. The maximum atomic E-state index is 11.8. The third-order valence-corrected chi connectivity index (χ3v) is 6.14. The normalized spacial score (nSPS) is 25.6. The molecule has 0 radical (unpaired) electrons. The molecule has 0 spiro atoms. The Bertz CT molecular complexity index is 790. The maximum Gasteiger partial charge on any atom is 0.316 e. The fourth-order valence-corrected chi connectivity index (χ4v) is 3.89. The summed E-state index contributed by atoms with van der Waals surface area (Å²) >= 11 is 0. The average Bonchev–Trinajstić information content (AvgIpc) is 2.77. The minimum absolute atomic E-state index is 0.222. The van der Waals surface area contributed by atoms with Crippen molar-refractivity contribution in [3.63, 3.8) is 0 Å². The number of hydrogen-bond donors (Lipinski definition) is 1. The molecular weight excluding hydrogens is 318 g/mol. The number of fused-ring (bicyclic) bond motifs is 3. The lowest BCUT2D eigenvalue weighted by molar-refractivity contribution is 0.0242. The number of carbonyl (C=O) groups is 1. The van der Waals surface area contributed by atoms with E-state index in [1.807, 2.05) is 25.7 Å². The SMILES string of the molecule is CC1(C)Oc2ccc(S(C)(=O)=O)cc2N2CN(C(N)=O)CC21C. The molecule has 23 heavy (non-hydrogen) atoms. The van der Waals surface area contributed by atoms with Crippen molar-refractivity contribution in [2.45, 2.75) is 36.8 Å². The van der Waals surface area contributed by atoms with Gasteiger partial charge in [0, 0.05) is 6.26 Å². The second-order valence-electron chi connectivity index (χ2n) is 6.89. The van der Waals surface area contributed by atoms with Crippen molar-refractivity contribution in [3.05, 3.63) is 18.2 Å². The first-order valence-electron chi connectivity index (χ1n) is 7.31. The van der Waals surface area contributed by atoms with Crippen molar-refractivity contribution in [2.24, 2.45) is 5.73 Å². The van der Waals surface area contributed by atoms with Crippen LogP contribution in [0, 0.1) is 0 Å². The summed E-state index contributed by atoms with van der Waals surface area (Å²) in [7, 11) is -3.33. The van der Waals surface area contributed by atoms with Gasteiger partial charge >= 0.3 is 6.03 Å². The highest BCUT2D eigenvalue weighted by Crippen LogP contribution is 2.49. The number of sulfone groups is 1. The Morgan fingerprint density at radius 1 is 1.30 bits per heavy atom. The largest absolute Gasteiger partial charge is 0.483 e. The van der Waals surface area contributed by atoms with Gasteiger partial charge in [0.25, 0.3) is 0 Å². The molecule has 2 heterocycles. The molecule has 2 aliphatic rings. The van der Waals surface area contributed by atoms with Gasteiger partial charge in [-0.25, -0.2) is 13.2 Å². The van der Waals surface area contributed by atoms with Gasteiger partial charge in [0.1, 0.15) is 11.4 Å². The summed E-state index contributed by atoms with van der Waals surface area (Å²) in [6.45, 7) is 6.62. The van der Waals surface area contributed by atoms with E-state index in [-0.39, 0.29) is 4.90 Å². The van der Waals surface area contributed by atoms with Crippen LogP contribution in [0.15, 0.2) is 23.1 Å². The van der Waals surface area contributed by atoms with E-state index in [4.69, 9.17) is 10.5 Å². The molecule has 1 aromatic rings. The third kappa shape index (κ3) is 2.23. The van der Waals surface area contributed by atoms with Gasteiger partial charge in [-0.1, -0.05) is 0 Å². The van der Waals surface area contributed by atoms with E-state index < -0.39 is 27.0 Å². The number of anilines is 1. The molecular formula is C15H21N3O4S. The lowest BCUT2D eigenvalue weighted by Gasteiger charge is -2.51. The van der Waals surface area contributed by atoms with Crippen molar-refractivity contribution in [1.82, 2.24) is 4.90 Å². The zero-order chi connectivity index (χ0) is 17.2. The number of hydrogen-bond acceptors (Lipinski definition) is 5. The lowest BCUT2D eigenvalue weighted by Crippen LogP contribution is -2.64. The number of benzene rings is 1. The summed E-state index contributed by atoms with van der Waals surface area (Å²) in [5.41, 5.74) is 5.03. The Kier molecular flexibility index (Phi) is 3.14. The molecule has 1 unspecified atom stereocenters. The minimum atomic E-state index is -3.33. The van der Waals surface area contributed by atoms with Crippen LogP contribution in [0.2, 0.25) is 0 Å². The summed E-state index contributed by atoms with van der Waals surface area (Å²) in [6.07, 6.45) is 1.17. The number of ether oxygens (including phenoxy) is 1. The van der Waals surface area contributed by atoms with Gasteiger partial charge in [0.15, 0.2) is 9.84 Å². The average molecular weight is 339 g/mol. The Labute approximate surface area is 135 Å². The second kappa shape index (κ2) is 4.53. The van der Waals surface area contributed by atoms with Crippen LogP contribution < -0.4 is 15.4 Å². The molecule has 2 N–H and O–H groups in total. The number of primary amides is 1. The van der Waals surface area contributed by atoms with E-state index in [0.29, 0.717) is 24.7 Å². The number of amides is 2. The van der Waals surface area contributed by atoms with Crippen LogP contribution in [0.5, 0.6) is 5.75 Å². The van der Waals surface area contributed by atoms with Crippen molar-refractivity contribution in [3.8, 4) is 5.75 Å². The molecule has 1 saturated heterocycles. The molecule has 2 amide bonds. The van der Waals surface area contributed by atoms with Gasteiger partial charge in [-0.05, 0) is 39.0 Å². The van der Waals surface area contributed by atoms with Crippen molar-refractivity contribution < 1.29 is 17.9 Å². The fourth-order valence-electron chi connectivity index (χ4n) is 3.25. The molecule has 0 saturated carbocycles. The van der Waals surface area contributed by atoms with Gasteiger partial charge in [-0.2, -0.15) is 0 Å². The molecule has 7 nitrogen and oxygen atoms in total. The van der Waals surface area contributed by atoms with Gasteiger partial charge in [-0.15, -0.1) is 0 Å². The zero-order valence-corrected chi connectivity index (χ0v) is 14.5. The Morgan fingerprint density at radius 2 is 1.96 bits per heavy atom. The van der Waals surface area contributed by atoms with Crippen LogP contribution in [-0.4, -0.2) is 50.0 Å². The first-order chi connectivity index (χ1) is 10.5.